The summed E-state index contributed by atoms with van der Waals surface area (Å²) in [6, 6.07) is 0.296. The fourth-order valence-electron chi connectivity index (χ4n) is 2.98. The molecule has 0 aliphatic carbocycles. The van der Waals surface area contributed by atoms with E-state index in [0.29, 0.717) is 12.0 Å². The van der Waals surface area contributed by atoms with Crippen molar-refractivity contribution in [3.63, 3.8) is 0 Å². The van der Waals surface area contributed by atoms with Gasteiger partial charge in [-0.2, -0.15) is 0 Å². The van der Waals surface area contributed by atoms with Gasteiger partial charge in [0.15, 0.2) is 0 Å². The SMILES string of the molecule is CCC(CC)C(N)CC=CCCC=CCC(C=NO)(CC)CC. The van der Waals surface area contributed by atoms with Crippen LogP contribution in [0, 0.1) is 11.3 Å². The Labute approximate surface area is 143 Å². The lowest BCUT2D eigenvalue weighted by Crippen LogP contribution is -2.28. The minimum Gasteiger partial charge on any atom is -0.411 e. The van der Waals surface area contributed by atoms with Gasteiger partial charge in [-0.25, -0.2) is 0 Å². The first-order valence-electron chi connectivity index (χ1n) is 9.33. The van der Waals surface area contributed by atoms with E-state index < -0.39 is 0 Å². The molecule has 1 atom stereocenters. The van der Waals surface area contributed by atoms with Crippen LogP contribution in [0.1, 0.15) is 79.1 Å². The molecule has 23 heavy (non-hydrogen) atoms. The Morgan fingerprint density at radius 1 is 0.957 bits per heavy atom. The van der Waals surface area contributed by atoms with Gasteiger partial charge in [-0.1, -0.05) is 64.8 Å². The van der Waals surface area contributed by atoms with E-state index in [1.165, 1.54) is 12.8 Å². The molecule has 0 saturated heterocycles. The average Bonchev–Trinajstić information content (AvgIpc) is 2.57. The normalized spacial score (nSPS) is 14.7. The molecular weight excluding hydrogens is 284 g/mol. The molecule has 0 aromatic heterocycles. The lowest BCUT2D eigenvalue weighted by atomic mass is 9.80. The van der Waals surface area contributed by atoms with Gasteiger partial charge in [0.1, 0.15) is 0 Å². The van der Waals surface area contributed by atoms with E-state index in [-0.39, 0.29) is 5.41 Å². The highest BCUT2D eigenvalue weighted by Crippen LogP contribution is 2.28. The molecule has 0 bridgehead atoms. The molecule has 0 aromatic carbocycles. The van der Waals surface area contributed by atoms with Crippen LogP contribution in [-0.2, 0) is 0 Å². The molecule has 0 heterocycles. The maximum atomic E-state index is 8.81. The van der Waals surface area contributed by atoms with Crippen molar-refractivity contribution in [1.29, 1.82) is 0 Å². The quantitative estimate of drug-likeness (QED) is 0.150. The van der Waals surface area contributed by atoms with E-state index in [2.05, 4.69) is 57.2 Å². The summed E-state index contributed by atoms with van der Waals surface area (Å²) in [5.74, 6) is 0.643. The van der Waals surface area contributed by atoms with Gasteiger partial charge >= 0.3 is 0 Å². The van der Waals surface area contributed by atoms with Gasteiger partial charge in [0.05, 0.1) is 6.21 Å². The molecule has 3 N–H and O–H groups in total. The largest absolute Gasteiger partial charge is 0.411 e. The summed E-state index contributed by atoms with van der Waals surface area (Å²) in [6.07, 6.45) is 19.0. The van der Waals surface area contributed by atoms with Gasteiger partial charge in [-0.05, 0) is 44.4 Å². The highest BCUT2D eigenvalue weighted by molar-refractivity contribution is 5.65. The Balaban J connectivity index is 4.05. The van der Waals surface area contributed by atoms with Gasteiger partial charge in [0.25, 0.3) is 0 Å². The lowest BCUT2D eigenvalue weighted by Gasteiger charge is -2.24. The second kappa shape index (κ2) is 13.4. The van der Waals surface area contributed by atoms with Crippen molar-refractivity contribution in [2.45, 2.75) is 85.1 Å². The first-order chi connectivity index (χ1) is 11.1. The molecule has 3 heteroatoms. The second-order valence-corrected chi connectivity index (χ2v) is 6.51. The molecule has 0 amide bonds. The average molecular weight is 323 g/mol. The fourth-order valence-corrected chi connectivity index (χ4v) is 2.98. The van der Waals surface area contributed by atoms with Crippen molar-refractivity contribution in [2.24, 2.45) is 22.2 Å². The van der Waals surface area contributed by atoms with Crippen molar-refractivity contribution in [3.05, 3.63) is 24.3 Å². The number of rotatable bonds is 13. The minimum atomic E-state index is 0.00315. The Morgan fingerprint density at radius 2 is 1.52 bits per heavy atom. The first kappa shape index (κ1) is 21.9. The summed E-state index contributed by atoms with van der Waals surface area (Å²) in [5, 5.41) is 12.1. The van der Waals surface area contributed by atoms with Crippen molar-refractivity contribution in [1.82, 2.24) is 0 Å². The predicted octanol–water partition coefficient (Wildman–Crippen LogP) is 5.69. The third kappa shape index (κ3) is 8.95. The van der Waals surface area contributed by atoms with Crippen molar-refractivity contribution < 1.29 is 5.21 Å². The van der Waals surface area contributed by atoms with Crippen LogP contribution in [0.4, 0.5) is 0 Å². The highest BCUT2D eigenvalue weighted by atomic mass is 16.4. The molecule has 0 saturated carbocycles. The number of oxime groups is 1. The number of nitrogens with zero attached hydrogens (tertiary/aromatic N) is 1. The Morgan fingerprint density at radius 3 is 2.00 bits per heavy atom. The van der Waals surface area contributed by atoms with Crippen LogP contribution in [-0.4, -0.2) is 17.5 Å². The van der Waals surface area contributed by atoms with Crippen LogP contribution in [0.3, 0.4) is 0 Å². The Bertz CT molecular complexity index is 353. The van der Waals surface area contributed by atoms with Gasteiger partial charge in [0.2, 0.25) is 0 Å². The van der Waals surface area contributed by atoms with E-state index in [1.807, 2.05) is 0 Å². The summed E-state index contributed by atoms with van der Waals surface area (Å²) >= 11 is 0. The molecule has 0 radical (unpaired) electrons. The van der Waals surface area contributed by atoms with Crippen LogP contribution >= 0.6 is 0 Å². The van der Waals surface area contributed by atoms with Gasteiger partial charge in [0, 0.05) is 11.5 Å². The summed E-state index contributed by atoms with van der Waals surface area (Å²) in [5.41, 5.74) is 6.21. The molecule has 0 fully saturated rings. The van der Waals surface area contributed by atoms with Crippen LogP contribution in [0.15, 0.2) is 29.5 Å². The highest BCUT2D eigenvalue weighted by Gasteiger charge is 2.22. The Kier molecular flexibility index (Phi) is 12.7. The summed E-state index contributed by atoms with van der Waals surface area (Å²) < 4.78 is 0. The molecule has 134 valence electrons. The molecule has 0 aliphatic rings. The number of hydrogen-bond acceptors (Lipinski definition) is 3. The van der Waals surface area contributed by atoms with E-state index in [4.69, 9.17) is 10.9 Å². The molecule has 0 rings (SSSR count). The Hall–Kier alpha value is -1.09. The first-order valence-corrected chi connectivity index (χ1v) is 9.33. The van der Waals surface area contributed by atoms with Crippen LogP contribution < -0.4 is 5.73 Å². The monoisotopic (exact) mass is 322 g/mol. The van der Waals surface area contributed by atoms with Gasteiger partial charge in [-0.3, -0.25) is 0 Å². The summed E-state index contributed by atoms with van der Waals surface area (Å²) in [6.45, 7) is 8.73. The lowest BCUT2D eigenvalue weighted by molar-refractivity contribution is 0.304. The zero-order valence-electron chi connectivity index (χ0n) is 15.7. The van der Waals surface area contributed by atoms with E-state index in [0.717, 1.165) is 38.5 Å². The minimum absolute atomic E-state index is 0.00315. The van der Waals surface area contributed by atoms with Crippen LogP contribution in [0.5, 0.6) is 0 Å². The molecule has 1 unspecified atom stereocenters. The standard InChI is InChI=1S/C20H38N2O/c1-5-18(6-2)19(21)15-13-11-9-10-12-14-16-20(7-3,8-4)17-22-23/h11-14,17-19,23H,5-10,15-16,21H2,1-4H3. The summed E-state index contributed by atoms with van der Waals surface area (Å²) in [7, 11) is 0. The number of hydrogen-bond donors (Lipinski definition) is 2. The van der Waals surface area contributed by atoms with Gasteiger partial charge < -0.3 is 10.9 Å². The molecule has 0 spiro atoms. The maximum absolute atomic E-state index is 8.81. The van der Waals surface area contributed by atoms with Crippen molar-refractivity contribution in [3.8, 4) is 0 Å². The zero-order valence-corrected chi connectivity index (χ0v) is 15.7. The number of nitrogens with two attached hydrogens (primary N) is 1. The molecule has 0 aromatic rings. The van der Waals surface area contributed by atoms with Crippen LogP contribution in [0.25, 0.3) is 0 Å². The van der Waals surface area contributed by atoms with Crippen molar-refractivity contribution >= 4 is 6.21 Å². The summed E-state index contributed by atoms with van der Waals surface area (Å²) in [4.78, 5) is 0. The maximum Gasteiger partial charge on any atom is 0.0500 e. The third-order valence-electron chi connectivity index (χ3n) is 5.16. The van der Waals surface area contributed by atoms with E-state index in [1.54, 1.807) is 6.21 Å². The van der Waals surface area contributed by atoms with Crippen molar-refractivity contribution in [2.75, 3.05) is 0 Å². The number of unbranched alkanes of at least 4 members (excludes halogenated alkanes) is 1. The van der Waals surface area contributed by atoms with E-state index >= 15 is 0 Å². The smallest absolute Gasteiger partial charge is 0.0500 e. The molecular formula is C20H38N2O. The second-order valence-electron chi connectivity index (χ2n) is 6.51. The topological polar surface area (TPSA) is 58.6 Å². The molecule has 0 aliphatic heterocycles. The predicted molar refractivity (Wildman–Crippen MR) is 102 cm³/mol. The fraction of sp³-hybridized carbons (Fsp3) is 0.750. The number of allylic oxidation sites excluding steroid dienone is 3. The third-order valence-corrected chi connectivity index (χ3v) is 5.16. The van der Waals surface area contributed by atoms with Gasteiger partial charge in [-0.15, -0.1) is 5.16 Å². The zero-order chi connectivity index (χ0) is 17.6. The van der Waals surface area contributed by atoms with E-state index in [9.17, 15) is 0 Å². The molecule has 3 nitrogen and oxygen atoms in total. The van der Waals surface area contributed by atoms with Crippen LogP contribution in [0.2, 0.25) is 0 Å².